The van der Waals surface area contributed by atoms with Gasteiger partial charge >= 0.3 is 0 Å². The standard InChI is InChI=1S/C8H9N3S/c1-2-7-9-3-5-11(7)8-10-4-6-12-8/h3-6H,2H2,1H3. The molecule has 0 aromatic carbocycles. The molecule has 0 aliphatic heterocycles. The van der Waals surface area contributed by atoms with Crippen LogP contribution in [0.3, 0.4) is 0 Å². The van der Waals surface area contributed by atoms with Gasteiger partial charge in [0, 0.05) is 30.4 Å². The molecule has 0 aliphatic carbocycles. The molecule has 2 rings (SSSR count). The average molecular weight is 179 g/mol. The van der Waals surface area contributed by atoms with Gasteiger partial charge < -0.3 is 0 Å². The summed E-state index contributed by atoms with van der Waals surface area (Å²) in [5.74, 6) is 1.06. The zero-order valence-electron chi connectivity index (χ0n) is 6.77. The Hall–Kier alpha value is -1.16. The summed E-state index contributed by atoms with van der Waals surface area (Å²) in [5, 5.41) is 2.96. The fraction of sp³-hybridized carbons (Fsp3) is 0.250. The first kappa shape index (κ1) is 7.49. The van der Waals surface area contributed by atoms with Crippen LogP contribution in [-0.4, -0.2) is 14.5 Å². The van der Waals surface area contributed by atoms with Crippen LogP contribution in [-0.2, 0) is 6.42 Å². The highest BCUT2D eigenvalue weighted by Crippen LogP contribution is 2.13. The van der Waals surface area contributed by atoms with Crippen molar-refractivity contribution in [1.29, 1.82) is 0 Å². The van der Waals surface area contributed by atoms with Crippen LogP contribution in [0.5, 0.6) is 0 Å². The predicted octanol–water partition coefficient (Wildman–Crippen LogP) is 1.89. The van der Waals surface area contributed by atoms with Gasteiger partial charge in [-0.3, -0.25) is 4.57 Å². The molecule has 0 saturated carbocycles. The molecule has 2 heterocycles. The second-order valence-electron chi connectivity index (χ2n) is 2.38. The molecule has 0 unspecified atom stereocenters. The monoisotopic (exact) mass is 179 g/mol. The van der Waals surface area contributed by atoms with E-state index in [9.17, 15) is 0 Å². The number of aromatic nitrogens is 3. The van der Waals surface area contributed by atoms with Crippen molar-refractivity contribution in [3.8, 4) is 5.13 Å². The number of imidazole rings is 1. The van der Waals surface area contributed by atoms with E-state index in [-0.39, 0.29) is 0 Å². The SMILES string of the molecule is CCc1nccn1-c1nccs1. The van der Waals surface area contributed by atoms with Gasteiger partial charge in [-0.25, -0.2) is 9.97 Å². The third-order valence-electron chi connectivity index (χ3n) is 1.66. The Kier molecular flexibility index (Phi) is 1.91. The van der Waals surface area contributed by atoms with Crippen LogP contribution >= 0.6 is 11.3 Å². The van der Waals surface area contributed by atoms with Crippen molar-refractivity contribution < 1.29 is 0 Å². The molecule has 4 heteroatoms. The van der Waals surface area contributed by atoms with Gasteiger partial charge in [0.2, 0.25) is 0 Å². The molecule has 2 aromatic rings. The van der Waals surface area contributed by atoms with Crippen molar-refractivity contribution in [2.24, 2.45) is 0 Å². The van der Waals surface area contributed by atoms with Crippen molar-refractivity contribution in [1.82, 2.24) is 14.5 Å². The van der Waals surface area contributed by atoms with Gasteiger partial charge in [-0.05, 0) is 0 Å². The van der Waals surface area contributed by atoms with E-state index >= 15 is 0 Å². The quantitative estimate of drug-likeness (QED) is 0.704. The maximum absolute atomic E-state index is 4.22. The summed E-state index contributed by atoms with van der Waals surface area (Å²) in [6.45, 7) is 2.09. The van der Waals surface area contributed by atoms with Crippen LogP contribution in [0.4, 0.5) is 0 Å². The molecule has 0 atom stereocenters. The molecule has 62 valence electrons. The lowest BCUT2D eigenvalue weighted by Crippen LogP contribution is -1.97. The lowest BCUT2D eigenvalue weighted by Gasteiger charge is -1.99. The van der Waals surface area contributed by atoms with Crippen molar-refractivity contribution >= 4 is 11.3 Å². The first-order chi connectivity index (χ1) is 5.92. The summed E-state index contributed by atoms with van der Waals surface area (Å²) in [6.07, 6.45) is 6.49. The number of aryl methyl sites for hydroxylation is 1. The van der Waals surface area contributed by atoms with Gasteiger partial charge in [0.15, 0.2) is 5.13 Å². The van der Waals surface area contributed by atoms with Gasteiger partial charge in [-0.2, -0.15) is 0 Å². The average Bonchev–Trinajstić information content (AvgIpc) is 2.74. The lowest BCUT2D eigenvalue weighted by atomic mass is 10.5. The van der Waals surface area contributed by atoms with Gasteiger partial charge in [-0.15, -0.1) is 11.3 Å². The van der Waals surface area contributed by atoms with Crippen molar-refractivity contribution in [2.45, 2.75) is 13.3 Å². The smallest absolute Gasteiger partial charge is 0.194 e. The molecule has 0 fully saturated rings. The Morgan fingerprint density at radius 1 is 1.42 bits per heavy atom. The van der Waals surface area contributed by atoms with E-state index in [1.165, 1.54) is 0 Å². The van der Waals surface area contributed by atoms with E-state index in [1.54, 1.807) is 23.7 Å². The maximum Gasteiger partial charge on any atom is 0.194 e. The number of hydrogen-bond acceptors (Lipinski definition) is 3. The second-order valence-corrected chi connectivity index (χ2v) is 3.25. The van der Waals surface area contributed by atoms with Gasteiger partial charge in [0.05, 0.1) is 0 Å². The summed E-state index contributed by atoms with van der Waals surface area (Å²) in [5.41, 5.74) is 0. The van der Waals surface area contributed by atoms with Gasteiger partial charge in [-0.1, -0.05) is 6.92 Å². The Labute approximate surface area is 74.7 Å². The second kappa shape index (κ2) is 3.06. The topological polar surface area (TPSA) is 30.7 Å². The molecule has 0 N–H and O–H groups in total. The first-order valence-electron chi connectivity index (χ1n) is 3.84. The maximum atomic E-state index is 4.22. The van der Waals surface area contributed by atoms with Crippen molar-refractivity contribution in [3.63, 3.8) is 0 Å². The van der Waals surface area contributed by atoms with E-state index < -0.39 is 0 Å². The molecule has 0 bridgehead atoms. The molecule has 2 aromatic heterocycles. The predicted molar refractivity (Wildman–Crippen MR) is 48.6 cm³/mol. The number of thiazole rings is 1. The number of rotatable bonds is 2. The summed E-state index contributed by atoms with van der Waals surface area (Å²) < 4.78 is 2.02. The summed E-state index contributed by atoms with van der Waals surface area (Å²) in [6, 6.07) is 0. The largest absolute Gasteiger partial charge is 0.279 e. The van der Waals surface area contributed by atoms with Crippen molar-refractivity contribution in [2.75, 3.05) is 0 Å². The van der Waals surface area contributed by atoms with Crippen LogP contribution in [0.25, 0.3) is 5.13 Å². The molecule has 12 heavy (non-hydrogen) atoms. The molecular weight excluding hydrogens is 170 g/mol. The van der Waals surface area contributed by atoms with E-state index in [1.807, 2.05) is 16.1 Å². The van der Waals surface area contributed by atoms with Crippen LogP contribution in [0.2, 0.25) is 0 Å². The van der Waals surface area contributed by atoms with Crippen LogP contribution in [0.15, 0.2) is 24.0 Å². The fourth-order valence-corrected chi connectivity index (χ4v) is 1.75. The van der Waals surface area contributed by atoms with E-state index in [0.29, 0.717) is 0 Å². The Bertz CT molecular complexity index is 350. The number of hydrogen-bond donors (Lipinski definition) is 0. The minimum absolute atomic E-state index is 0.937. The molecule has 0 spiro atoms. The molecule has 0 aliphatic rings. The van der Waals surface area contributed by atoms with Crippen molar-refractivity contribution in [3.05, 3.63) is 29.8 Å². The summed E-state index contributed by atoms with van der Waals surface area (Å²) in [4.78, 5) is 8.43. The highest BCUT2D eigenvalue weighted by atomic mass is 32.1. The highest BCUT2D eigenvalue weighted by molar-refractivity contribution is 7.12. The van der Waals surface area contributed by atoms with Gasteiger partial charge in [0.25, 0.3) is 0 Å². The van der Waals surface area contributed by atoms with Gasteiger partial charge in [0.1, 0.15) is 5.82 Å². The fourth-order valence-electron chi connectivity index (χ4n) is 1.10. The summed E-state index contributed by atoms with van der Waals surface area (Å²) >= 11 is 1.62. The Balaban J connectivity index is 2.46. The zero-order chi connectivity index (χ0) is 8.39. The molecule has 0 amide bonds. The Morgan fingerprint density at radius 3 is 3.00 bits per heavy atom. The molecule has 3 nitrogen and oxygen atoms in total. The van der Waals surface area contributed by atoms with Crippen LogP contribution in [0, 0.1) is 0 Å². The minimum atomic E-state index is 0.937. The highest BCUT2D eigenvalue weighted by Gasteiger charge is 2.03. The lowest BCUT2D eigenvalue weighted by molar-refractivity contribution is 0.884. The zero-order valence-corrected chi connectivity index (χ0v) is 7.58. The van der Waals surface area contributed by atoms with E-state index in [4.69, 9.17) is 0 Å². The summed E-state index contributed by atoms with van der Waals surface area (Å²) in [7, 11) is 0. The Morgan fingerprint density at radius 2 is 2.33 bits per heavy atom. The minimum Gasteiger partial charge on any atom is -0.279 e. The van der Waals surface area contributed by atoms with E-state index in [0.717, 1.165) is 17.4 Å². The normalized spacial score (nSPS) is 10.4. The van der Waals surface area contributed by atoms with Crippen LogP contribution < -0.4 is 0 Å². The van der Waals surface area contributed by atoms with Crippen LogP contribution in [0.1, 0.15) is 12.7 Å². The molecule has 0 saturated heterocycles. The molecular formula is C8H9N3S. The van der Waals surface area contributed by atoms with E-state index in [2.05, 4.69) is 16.9 Å². The third kappa shape index (κ3) is 1.14. The third-order valence-corrected chi connectivity index (χ3v) is 2.43. The number of nitrogens with zero attached hydrogens (tertiary/aromatic N) is 3. The first-order valence-corrected chi connectivity index (χ1v) is 4.72. The molecule has 0 radical (unpaired) electrons.